The van der Waals surface area contributed by atoms with Crippen LogP contribution in [0.5, 0.6) is 5.88 Å². The van der Waals surface area contributed by atoms with E-state index in [4.69, 9.17) is 10.00 Å². The molecule has 1 aromatic heterocycles. The molecule has 5 nitrogen and oxygen atoms in total. The van der Waals surface area contributed by atoms with Gasteiger partial charge in [-0.25, -0.2) is 4.98 Å². The number of pyridine rings is 1. The summed E-state index contributed by atoms with van der Waals surface area (Å²) < 4.78 is 6.93. The molecule has 25 heavy (non-hydrogen) atoms. The maximum absolute atomic E-state index is 12.3. The van der Waals surface area contributed by atoms with Crippen LogP contribution in [0, 0.1) is 14.9 Å². The van der Waals surface area contributed by atoms with E-state index in [9.17, 15) is 4.79 Å². The summed E-state index contributed by atoms with van der Waals surface area (Å²) in [7, 11) is 0. The molecular formula is C19H18IN3O2. The number of nitriles is 1. The van der Waals surface area contributed by atoms with Gasteiger partial charge in [0, 0.05) is 27.4 Å². The predicted molar refractivity (Wildman–Crippen MR) is 102 cm³/mol. The van der Waals surface area contributed by atoms with Crippen LogP contribution in [0.4, 0.5) is 0 Å². The first-order chi connectivity index (χ1) is 12.1. The topological polar surface area (TPSA) is 75.0 Å². The fraction of sp³-hybridized carbons (Fsp3) is 0.316. The number of halogens is 1. The number of carbonyl (C=O) groups is 1. The largest absolute Gasteiger partial charge is 0.474 e. The molecule has 1 aliphatic rings. The Balaban J connectivity index is 1.48. The number of benzene rings is 1. The third kappa shape index (κ3) is 4.92. The highest BCUT2D eigenvalue weighted by Gasteiger charge is 2.24. The summed E-state index contributed by atoms with van der Waals surface area (Å²) in [5, 5.41) is 11.9. The Morgan fingerprint density at radius 3 is 2.68 bits per heavy atom. The number of hydrogen-bond acceptors (Lipinski definition) is 4. The van der Waals surface area contributed by atoms with Crippen molar-refractivity contribution in [2.75, 3.05) is 0 Å². The van der Waals surface area contributed by atoms with Crippen molar-refractivity contribution in [3.63, 3.8) is 0 Å². The van der Waals surface area contributed by atoms with Crippen LogP contribution in [0.3, 0.4) is 0 Å². The Bertz CT molecular complexity index is 778. The number of ether oxygens (including phenoxy) is 1. The minimum Gasteiger partial charge on any atom is -0.474 e. The second-order valence-corrected chi connectivity index (χ2v) is 7.32. The van der Waals surface area contributed by atoms with Crippen molar-refractivity contribution in [2.45, 2.75) is 37.8 Å². The van der Waals surface area contributed by atoms with Gasteiger partial charge in [0.15, 0.2) is 0 Å². The number of aromatic nitrogens is 1. The third-order valence-electron chi connectivity index (χ3n) is 4.25. The fourth-order valence-corrected chi connectivity index (χ4v) is 3.45. The lowest BCUT2D eigenvalue weighted by atomic mass is 9.92. The lowest BCUT2D eigenvalue weighted by Crippen LogP contribution is -2.39. The maximum Gasteiger partial charge on any atom is 0.251 e. The zero-order valence-corrected chi connectivity index (χ0v) is 15.8. The van der Waals surface area contributed by atoms with Gasteiger partial charge in [-0.15, -0.1) is 0 Å². The highest BCUT2D eigenvalue weighted by molar-refractivity contribution is 14.1. The van der Waals surface area contributed by atoms with Crippen LogP contribution in [-0.2, 0) is 0 Å². The van der Waals surface area contributed by atoms with E-state index >= 15 is 0 Å². The van der Waals surface area contributed by atoms with Gasteiger partial charge in [0.1, 0.15) is 12.2 Å². The van der Waals surface area contributed by atoms with E-state index in [0.29, 0.717) is 17.0 Å². The first-order valence-corrected chi connectivity index (χ1v) is 9.31. The molecule has 1 heterocycles. The van der Waals surface area contributed by atoms with Crippen molar-refractivity contribution in [1.82, 2.24) is 10.3 Å². The maximum atomic E-state index is 12.3. The van der Waals surface area contributed by atoms with Gasteiger partial charge in [0.25, 0.3) is 5.91 Å². The van der Waals surface area contributed by atoms with E-state index in [2.05, 4.69) is 32.9 Å². The van der Waals surface area contributed by atoms with Crippen LogP contribution in [0.25, 0.3) is 0 Å². The van der Waals surface area contributed by atoms with Gasteiger partial charge in [-0.05, 0) is 72.5 Å². The SMILES string of the molecule is N#Cc1ccc(OC2CCC(NC(=O)c3cccc(I)c3)CC2)nc1. The van der Waals surface area contributed by atoms with Crippen molar-refractivity contribution in [2.24, 2.45) is 0 Å². The average molecular weight is 447 g/mol. The smallest absolute Gasteiger partial charge is 0.251 e. The molecule has 1 aromatic carbocycles. The van der Waals surface area contributed by atoms with Gasteiger partial charge in [-0.3, -0.25) is 4.79 Å². The summed E-state index contributed by atoms with van der Waals surface area (Å²) in [5.41, 5.74) is 1.22. The Morgan fingerprint density at radius 1 is 1.24 bits per heavy atom. The monoisotopic (exact) mass is 447 g/mol. The molecule has 1 N–H and O–H groups in total. The normalized spacial score (nSPS) is 19.7. The number of nitrogens with one attached hydrogen (secondary N) is 1. The lowest BCUT2D eigenvalue weighted by molar-refractivity contribution is 0.0890. The van der Waals surface area contributed by atoms with Gasteiger partial charge < -0.3 is 10.1 Å². The van der Waals surface area contributed by atoms with E-state index in [-0.39, 0.29) is 18.1 Å². The molecular weight excluding hydrogens is 429 g/mol. The number of nitrogens with zero attached hydrogens (tertiary/aromatic N) is 2. The first-order valence-electron chi connectivity index (χ1n) is 8.23. The number of rotatable bonds is 4. The molecule has 3 rings (SSSR count). The zero-order valence-electron chi connectivity index (χ0n) is 13.6. The average Bonchev–Trinajstić information content (AvgIpc) is 2.64. The molecule has 1 fully saturated rings. The number of hydrogen-bond donors (Lipinski definition) is 1. The quantitative estimate of drug-likeness (QED) is 0.726. The van der Waals surface area contributed by atoms with Gasteiger partial charge >= 0.3 is 0 Å². The van der Waals surface area contributed by atoms with Crippen LogP contribution in [0.1, 0.15) is 41.6 Å². The van der Waals surface area contributed by atoms with E-state index in [1.807, 2.05) is 30.3 Å². The molecule has 6 heteroatoms. The standard InChI is InChI=1S/C19H18IN3O2/c20-15-3-1-2-14(10-15)19(24)23-16-5-7-17(8-6-16)25-18-9-4-13(11-21)12-22-18/h1-4,9-10,12,16-17H,5-8H2,(H,23,24). The summed E-state index contributed by atoms with van der Waals surface area (Å²) in [4.78, 5) is 16.5. The summed E-state index contributed by atoms with van der Waals surface area (Å²) in [5.74, 6) is 0.530. The van der Waals surface area contributed by atoms with Crippen molar-refractivity contribution < 1.29 is 9.53 Å². The van der Waals surface area contributed by atoms with Crippen LogP contribution in [0.15, 0.2) is 42.6 Å². The molecule has 1 saturated carbocycles. The van der Waals surface area contributed by atoms with Crippen molar-refractivity contribution in [3.8, 4) is 11.9 Å². The molecule has 0 radical (unpaired) electrons. The number of carbonyl (C=O) groups excluding carboxylic acids is 1. The molecule has 0 aliphatic heterocycles. The molecule has 0 bridgehead atoms. The van der Waals surface area contributed by atoms with E-state index in [0.717, 1.165) is 29.3 Å². The van der Waals surface area contributed by atoms with Gasteiger partial charge in [-0.1, -0.05) is 6.07 Å². The summed E-state index contributed by atoms with van der Waals surface area (Å²) >= 11 is 2.21. The van der Waals surface area contributed by atoms with Crippen LogP contribution < -0.4 is 10.1 Å². The highest BCUT2D eigenvalue weighted by atomic mass is 127. The minimum absolute atomic E-state index is 0.0170. The van der Waals surface area contributed by atoms with Crippen LogP contribution >= 0.6 is 22.6 Å². The molecule has 1 aliphatic carbocycles. The zero-order chi connectivity index (χ0) is 17.6. The molecule has 1 amide bonds. The Morgan fingerprint density at radius 2 is 2.04 bits per heavy atom. The molecule has 0 atom stereocenters. The van der Waals surface area contributed by atoms with Crippen molar-refractivity contribution in [3.05, 3.63) is 57.3 Å². The minimum atomic E-state index is -0.0170. The van der Waals surface area contributed by atoms with Gasteiger partial charge in [0.2, 0.25) is 5.88 Å². The lowest BCUT2D eigenvalue weighted by Gasteiger charge is -2.29. The van der Waals surface area contributed by atoms with Gasteiger partial charge in [0.05, 0.1) is 5.56 Å². The Kier molecular flexibility index (Phi) is 5.87. The van der Waals surface area contributed by atoms with E-state index in [1.54, 1.807) is 12.1 Å². The molecule has 128 valence electrons. The third-order valence-corrected chi connectivity index (χ3v) is 4.92. The van der Waals surface area contributed by atoms with Crippen molar-refractivity contribution in [1.29, 1.82) is 5.26 Å². The molecule has 0 unspecified atom stereocenters. The molecule has 0 saturated heterocycles. The van der Waals surface area contributed by atoms with Crippen LogP contribution in [0.2, 0.25) is 0 Å². The summed E-state index contributed by atoms with van der Waals surface area (Å²) in [6.45, 7) is 0. The Hall–Kier alpha value is -2.14. The van der Waals surface area contributed by atoms with E-state index < -0.39 is 0 Å². The summed E-state index contributed by atoms with van der Waals surface area (Å²) in [6.07, 6.45) is 5.14. The summed E-state index contributed by atoms with van der Waals surface area (Å²) in [6, 6.07) is 13.2. The fourth-order valence-electron chi connectivity index (χ4n) is 2.91. The van der Waals surface area contributed by atoms with E-state index in [1.165, 1.54) is 6.20 Å². The van der Waals surface area contributed by atoms with Crippen molar-refractivity contribution >= 4 is 28.5 Å². The second-order valence-electron chi connectivity index (χ2n) is 6.07. The highest BCUT2D eigenvalue weighted by Crippen LogP contribution is 2.23. The van der Waals surface area contributed by atoms with Crippen LogP contribution in [-0.4, -0.2) is 23.0 Å². The van der Waals surface area contributed by atoms with Gasteiger partial charge in [-0.2, -0.15) is 5.26 Å². The first kappa shape index (κ1) is 17.7. The predicted octanol–water partition coefficient (Wildman–Crippen LogP) is 3.68. The molecule has 2 aromatic rings. The number of amides is 1. The Labute approximate surface area is 160 Å². The second kappa shape index (κ2) is 8.30. The molecule has 0 spiro atoms.